The van der Waals surface area contributed by atoms with Crippen molar-refractivity contribution >= 4 is 11.3 Å². The van der Waals surface area contributed by atoms with Gasteiger partial charge in [-0.2, -0.15) is 0 Å². The first kappa shape index (κ1) is 10.2. The molecule has 0 aliphatic carbocycles. The van der Waals surface area contributed by atoms with Gasteiger partial charge in [-0.25, -0.2) is 8.78 Å². The van der Waals surface area contributed by atoms with Crippen LogP contribution in [0.4, 0.5) is 8.78 Å². The van der Waals surface area contributed by atoms with Crippen LogP contribution < -0.4 is 0 Å². The minimum Gasteiger partial charge on any atom is -0.383 e. The van der Waals surface area contributed by atoms with E-state index in [-0.39, 0.29) is 5.56 Å². The van der Waals surface area contributed by atoms with E-state index in [1.807, 2.05) is 0 Å². The zero-order chi connectivity index (χ0) is 10.8. The topological polar surface area (TPSA) is 33.1 Å². The van der Waals surface area contributed by atoms with Crippen LogP contribution in [0.2, 0.25) is 0 Å². The molecular formula is C10H7F2NOS. The summed E-state index contributed by atoms with van der Waals surface area (Å²) in [5.74, 6) is -1.51. The molecule has 1 aromatic carbocycles. The van der Waals surface area contributed by atoms with Gasteiger partial charge in [0.25, 0.3) is 0 Å². The predicted octanol–water partition coefficient (Wildman–Crippen LogP) is 2.50. The normalized spacial score (nSPS) is 12.7. The Morgan fingerprint density at radius 2 is 1.93 bits per heavy atom. The molecule has 0 fully saturated rings. The highest BCUT2D eigenvalue weighted by Crippen LogP contribution is 2.28. The third-order valence-corrected chi connectivity index (χ3v) is 2.82. The molecule has 0 aliphatic heterocycles. The quantitative estimate of drug-likeness (QED) is 0.855. The smallest absolute Gasteiger partial charge is 0.132 e. The Hall–Kier alpha value is -1.33. The van der Waals surface area contributed by atoms with Gasteiger partial charge in [0.05, 0.1) is 16.0 Å². The van der Waals surface area contributed by atoms with Gasteiger partial charge >= 0.3 is 0 Å². The van der Waals surface area contributed by atoms with Crippen molar-refractivity contribution in [2.24, 2.45) is 0 Å². The molecule has 2 nitrogen and oxygen atoms in total. The first-order chi connectivity index (χ1) is 7.20. The van der Waals surface area contributed by atoms with Crippen LogP contribution in [0.5, 0.6) is 0 Å². The summed E-state index contributed by atoms with van der Waals surface area (Å²) in [5.41, 5.74) is 1.17. The second kappa shape index (κ2) is 4.04. The lowest BCUT2D eigenvalue weighted by Gasteiger charge is -2.10. The molecule has 1 unspecified atom stereocenters. The van der Waals surface area contributed by atoms with E-state index in [1.165, 1.54) is 17.8 Å². The van der Waals surface area contributed by atoms with Crippen LogP contribution in [0.25, 0.3) is 0 Å². The first-order valence-electron chi connectivity index (χ1n) is 4.20. The highest BCUT2D eigenvalue weighted by Gasteiger charge is 2.20. The molecule has 1 heterocycles. The Bertz CT molecular complexity index is 438. The number of aliphatic hydroxyl groups excluding tert-OH is 1. The van der Waals surface area contributed by atoms with Crippen molar-refractivity contribution in [1.29, 1.82) is 0 Å². The summed E-state index contributed by atoms with van der Waals surface area (Å²) in [7, 11) is 0. The van der Waals surface area contributed by atoms with Crippen LogP contribution in [0.15, 0.2) is 29.9 Å². The summed E-state index contributed by atoms with van der Waals surface area (Å²) < 4.78 is 26.6. The van der Waals surface area contributed by atoms with Gasteiger partial charge in [0, 0.05) is 6.20 Å². The molecule has 5 heteroatoms. The van der Waals surface area contributed by atoms with Crippen molar-refractivity contribution in [3.8, 4) is 0 Å². The van der Waals surface area contributed by atoms with E-state index in [9.17, 15) is 13.9 Å². The molecule has 1 atom stereocenters. The molecule has 0 radical (unpaired) electrons. The van der Waals surface area contributed by atoms with E-state index in [1.54, 1.807) is 0 Å². The maximum Gasteiger partial charge on any atom is 0.132 e. The van der Waals surface area contributed by atoms with Gasteiger partial charge in [0.1, 0.15) is 17.7 Å². The van der Waals surface area contributed by atoms with E-state index < -0.39 is 17.7 Å². The van der Waals surface area contributed by atoms with Crippen molar-refractivity contribution < 1.29 is 13.9 Å². The average Bonchev–Trinajstić information content (AvgIpc) is 2.69. The number of hydrogen-bond acceptors (Lipinski definition) is 3. The summed E-state index contributed by atoms with van der Waals surface area (Å²) in [6, 6.07) is 3.49. The van der Waals surface area contributed by atoms with E-state index in [0.29, 0.717) is 4.88 Å². The first-order valence-corrected chi connectivity index (χ1v) is 5.08. The fourth-order valence-electron chi connectivity index (χ4n) is 1.27. The molecule has 1 aromatic heterocycles. The van der Waals surface area contributed by atoms with Gasteiger partial charge in [0.15, 0.2) is 0 Å². The fourth-order valence-corrected chi connectivity index (χ4v) is 1.89. The minimum absolute atomic E-state index is 0.332. The highest BCUT2D eigenvalue weighted by atomic mass is 32.1. The lowest BCUT2D eigenvalue weighted by Crippen LogP contribution is -2.03. The second-order valence-electron chi connectivity index (χ2n) is 2.94. The number of halogens is 2. The lowest BCUT2D eigenvalue weighted by atomic mass is 10.1. The predicted molar refractivity (Wildman–Crippen MR) is 52.5 cm³/mol. The third-order valence-electron chi connectivity index (χ3n) is 1.99. The van der Waals surface area contributed by atoms with E-state index >= 15 is 0 Å². The zero-order valence-electron chi connectivity index (χ0n) is 7.52. The molecule has 78 valence electrons. The Morgan fingerprint density at radius 1 is 1.27 bits per heavy atom. The zero-order valence-corrected chi connectivity index (χ0v) is 8.34. The van der Waals surface area contributed by atoms with Crippen molar-refractivity contribution in [1.82, 2.24) is 4.98 Å². The van der Waals surface area contributed by atoms with Gasteiger partial charge in [-0.1, -0.05) is 6.07 Å². The molecule has 0 spiro atoms. The summed E-state index contributed by atoms with van der Waals surface area (Å²) in [4.78, 5) is 4.16. The molecule has 0 saturated heterocycles. The van der Waals surface area contributed by atoms with Gasteiger partial charge in [0.2, 0.25) is 0 Å². The van der Waals surface area contributed by atoms with Gasteiger partial charge in [-0.3, -0.25) is 4.98 Å². The van der Waals surface area contributed by atoms with E-state index in [2.05, 4.69) is 4.98 Å². The molecule has 15 heavy (non-hydrogen) atoms. The summed E-state index contributed by atoms with van der Waals surface area (Å²) >= 11 is 1.15. The lowest BCUT2D eigenvalue weighted by molar-refractivity contribution is 0.212. The average molecular weight is 227 g/mol. The Kier molecular flexibility index (Phi) is 2.75. The molecular weight excluding hydrogens is 220 g/mol. The maximum atomic E-state index is 13.3. The van der Waals surface area contributed by atoms with E-state index in [4.69, 9.17) is 0 Å². The molecule has 0 amide bonds. The van der Waals surface area contributed by atoms with E-state index in [0.717, 1.165) is 23.5 Å². The number of aromatic nitrogens is 1. The fraction of sp³-hybridized carbons (Fsp3) is 0.100. The Balaban J connectivity index is 2.46. The third kappa shape index (κ3) is 1.88. The molecule has 2 rings (SSSR count). The van der Waals surface area contributed by atoms with Crippen LogP contribution in [0, 0.1) is 11.6 Å². The second-order valence-corrected chi connectivity index (χ2v) is 3.86. The Morgan fingerprint density at radius 3 is 2.47 bits per heavy atom. The van der Waals surface area contributed by atoms with Crippen LogP contribution in [-0.2, 0) is 0 Å². The number of rotatable bonds is 2. The standard InChI is InChI=1S/C10H7F2NOS/c11-6-2-1-3-7(12)9(6)10(14)8-4-13-5-15-8/h1-5,10,14H. The van der Waals surface area contributed by atoms with Crippen molar-refractivity contribution in [2.75, 3.05) is 0 Å². The number of aliphatic hydroxyl groups is 1. The van der Waals surface area contributed by atoms with Crippen molar-refractivity contribution in [2.45, 2.75) is 6.10 Å². The number of hydrogen-bond donors (Lipinski definition) is 1. The minimum atomic E-state index is -1.29. The molecule has 0 saturated carbocycles. The summed E-state index contributed by atoms with van der Waals surface area (Å²) in [6.45, 7) is 0. The molecule has 0 aliphatic rings. The maximum absolute atomic E-state index is 13.3. The number of benzene rings is 1. The monoisotopic (exact) mass is 227 g/mol. The van der Waals surface area contributed by atoms with Crippen LogP contribution >= 0.6 is 11.3 Å². The largest absolute Gasteiger partial charge is 0.383 e. The molecule has 0 bridgehead atoms. The van der Waals surface area contributed by atoms with Crippen LogP contribution in [-0.4, -0.2) is 10.1 Å². The van der Waals surface area contributed by atoms with Crippen LogP contribution in [0.1, 0.15) is 16.5 Å². The van der Waals surface area contributed by atoms with Crippen molar-refractivity contribution in [3.05, 3.63) is 52.0 Å². The van der Waals surface area contributed by atoms with Gasteiger partial charge in [-0.15, -0.1) is 11.3 Å². The molecule has 2 aromatic rings. The number of thiazole rings is 1. The summed E-state index contributed by atoms with van der Waals surface area (Å²) in [6.07, 6.45) is 0.0972. The highest BCUT2D eigenvalue weighted by molar-refractivity contribution is 7.09. The molecule has 1 N–H and O–H groups in total. The van der Waals surface area contributed by atoms with Crippen molar-refractivity contribution in [3.63, 3.8) is 0 Å². The number of nitrogens with zero attached hydrogens (tertiary/aromatic N) is 1. The van der Waals surface area contributed by atoms with Crippen LogP contribution in [0.3, 0.4) is 0 Å². The SMILES string of the molecule is OC(c1cncs1)c1c(F)cccc1F. The van der Waals surface area contributed by atoms with Gasteiger partial charge < -0.3 is 5.11 Å². The Labute approximate surface area is 88.8 Å². The van der Waals surface area contributed by atoms with Gasteiger partial charge in [-0.05, 0) is 12.1 Å². The summed E-state index contributed by atoms with van der Waals surface area (Å²) in [5, 5.41) is 9.73.